The number of esters is 10. The predicted octanol–water partition coefficient (Wildman–Crippen LogP) is 6.75. The number of ether oxygens (including phenoxy) is 10. The van der Waals surface area contributed by atoms with E-state index in [4.69, 9.17) is 5.94 Å². The van der Waals surface area contributed by atoms with Crippen LogP contribution >= 0.6 is 0 Å². The fourth-order valence-corrected chi connectivity index (χ4v) is 6.33. The first-order chi connectivity index (χ1) is 35.4. The minimum absolute atomic E-state index is 0. The lowest BCUT2D eigenvalue weighted by Gasteiger charge is -2.24. The van der Waals surface area contributed by atoms with Gasteiger partial charge in [0.15, 0.2) is 0 Å². The zero-order valence-corrected chi connectivity index (χ0v) is 41.7. The molecule has 20 heteroatoms. The van der Waals surface area contributed by atoms with Crippen molar-refractivity contribution in [1.29, 1.82) is 0 Å². The molecule has 0 aromatic heterocycles. The minimum Gasteiger partial charge on any atom is -0.469 e. The van der Waals surface area contributed by atoms with Crippen molar-refractivity contribution >= 4 is 59.7 Å². The Bertz CT molecular complexity index is 1870. The van der Waals surface area contributed by atoms with Gasteiger partial charge in [-0.3, -0.25) is 24.0 Å². The molecule has 1 aromatic rings. The van der Waals surface area contributed by atoms with Gasteiger partial charge in [0.25, 0.3) is 0 Å². The van der Waals surface area contributed by atoms with Crippen molar-refractivity contribution in [2.24, 2.45) is 29.6 Å². The molecule has 71 heavy (non-hydrogen) atoms. The number of hydrogen-bond acceptors (Lipinski definition) is 20. The van der Waals surface area contributed by atoms with Crippen molar-refractivity contribution in [3.05, 3.63) is 96.7 Å². The minimum atomic E-state index is -0.468. The topological polar surface area (TPSA) is 263 Å². The van der Waals surface area contributed by atoms with Crippen LogP contribution in [0.15, 0.2) is 85.5 Å². The van der Waals surface area contributed by atoms with E-state index in [0.717, 1.165) is 25.7 Å². The number of rotatable bonds is 11. The van der Waals surface area contributed by atoms with Gasteiger partial charge in [-0.15, -0.1) is 13.2 Å². The summed E-state index contributed by atoms with van der Waals surface area (Å²) in [5.74, 6) is -3.68. The maximum Gasteiger partial charge on any atom is 0.337 e. The van der Waals surface area contributed by atoms with Crippen molar-refractivity contribution in [2.75, 3.05) is 71.1 Å². The number of hydrogen-bond donors (Lipinski definition) is 0. The number of carbonyl (C=O) groups is 10. The van der Waals surface area contributed by atoms with Crippen molar-refractivity contribution < 1.29 is 101 Å². The quantitative estimate of drug-likeness (QED) is 0.0729. The van der Waals surface area contributed by atoms with Crippen LogP contribution in [0.2, 0.25) is 0 Å². The molecule has 1 saturated carbocycles. The van der Waals surface area contributed by atoms with Crippen LogP contribution in [0.5, 0.6) is 0 Å². The first-order valence-corrected chi connectivity index (χ1v) is 21.6. The van der Waals surface area contributed by atoms with Crippen molar-refractivity contribution in [1.82, 2.24) is 0 Å². The smallest absolute Gasteiger partial charge is 0.337 e. The van der Waals surface area contributed by atoms with E-state index in [0.29, 0.717) is 48.8 Å². The van der Waals surface area contributed by atoms with Crippen LogP contribution in [0.4, 0.5) is 0 Å². The standard InChI is InChI=1S/C10H16O4.2C10H14O4.C10H10O4.C8H10O4.C2H4.CH4.2H2/c4*1-13-9(11)7-3-5-8(6-4-7)10(12)14-2;1-11-7(9)5-3-4-6-8(10)12-2;1-2;;;/h7-8H,3-6H2,1-2H3;3,8H,4-6H2,1-2H3;3,5,7-8H,4,6H2,1-2H3;3-6H,1-2H3;3-6H,1-2H3;1-2H2;1H4;2*1H/b;;;;5-3+,6-4+;;;;/i;;;;;;;2*1+2D. The van der Waals surface area contributed by atoms with Gasteiger partial charge in [0, 0.05) is 23.7 Å². The molecule has 0 spiro atoms. The highest BCUT2D eigenvalue weighted by atomic mass is 16.6. The normalized spacial score (nSPS) is 18.3. The summed E-state index contributed by atoms with van der Waals surface area (Å²) in [5, 5.41) is 0. The Hall–Kier alpha value is -7.38. The zero-order valence-electron chi connectivity index (χ0n) is 45.7. The van der Waals surface area contributed by atoms with E-state index >= 15 is 0 Å². The van der Waals surface area contributed by atoms with Gasteiger partial charge in [0.05, 0.1) is 112 Å². The highest BCUT2D eigenvalue weighted by molar-refractivity contribution is 5.93. The molecule has 3 unspecified atom stereocenters. The summed E-state index contributed by atoms with van der Waals surface area (Å²) in [6.07, 6.45) is 16.4. The van der Waals surface area contributed by atoms with Crippen molar-refractivity contribution in [2.45, 2.75) is 65.2 Å². The Kier molecular flexibility index (Phi) is 36.3. The first kappa shape index (κ1) is 63.6. The second kappa shape index (κ2) is 40.5. The third-order valence-electron chi connectivity index (χ3n) is 10.3. The summed E-state index contributed by atoms with van der Waals surface area (Å²) in [5.41, 5.74) is 1.47. The van der Waals surface area contributed by atoms with E-state index in [1.54, 1.807) is 18.2 Å². The maximum atomic E-state index is 11.2. The Balaban J connectivity index is -0.000000265. The van der Waals surface area contributed by atoms with Crippen LogP contribution in [-0.4, -0.2) is 131 Å². The average Bonchev–Trinajstić information content (AvgIpc) is 3.48. The second-order valence-electron chi connectivity index (χ2n) is 14.4. The lowest BCUT2D eigenvalue weighted by Crippen LogP contribution is -2.27. The summed E-state index contributed by atoms with van der Waals surface area (Å²) in [6.45, 7) is 6.00. The fourth-order valence-electron chi connectivity index (χ4n) is 6.33. The maximum absolute atomic E-state index is 11.2. The third kappa shape index (κ3) is 27.4. The molecule has 0 radical (unpaired) electrons. The van der Waals surface area contributed by atoms with E-state index in [-0.39, 0.29) is 72.8 Å². The van der Waals surface area contributed by atoms with Gasteiger partial charge in [0.2, 0.25) is 0 Å². The number of benzene rings is 1. The molecular weight excluding hydrogens is 933 g/mol. The molecular formula is C51H76O20. The van der Waals surface area contributed by atoms with Gasteiger partial charge < -0.3 is 47.4 Å². The molecule has 0 heterocycles. The molecule has 3 aliphatic carbocycles. The van der Waals surface area contributed by atoms with Crippen molar-refractivity contribution in [3.8, 4) is 0 Å². The Morgan fingerprint density at radius 1 is 0.465 bits per heavy atom. The molecule has 1 aromatic carbocycles. The highest BCUT2D eigenvalue weighted by Gasteiger charge is 2.31. The summed E-state index contributed by atoms with van der Waals surface area (Å²) in [7, 11) is 13.4. The van der Waals surface area contributed by atoms with Gasteiger partial charge >= 0.3 is 59.7 Å². The summed E-state index contributed by atoms with van der Waals surface area (Å²) in [6, 6.07) is 6.05. The number of allylic oxidation sites excluding steroid dienone is 3. The Morgan fingerprint density at radius 2 is 0.789 bits per heavy atom. The summed E-state index contributed by atoms with van der Waals surface area (Å²) >= 11 is 0. The summed E-state index contributed by atoms with van der Waals surface area (Å²) in [4.78, 5) is 110. The van der Waals surface area contributed by atoms with E-state index in [9.17, 15) is 47.9 Å². The lowest BCUT2D eigenvalue weighted by molar-refractivity contribution is -0.151. The lowest BCUT2D eigenvalue weighted by atomic mass is 9.82. The van der Waals surface area contributed by atoms with E-state index < -0.39 is 23.9 Å². The average molecular weight is 1020 g/mol. The van der Waals surface area contributed by atoms with Gasteiger partial charge in [-0.05, 0) is 82.1 Å². The second-order valence-corrected chi connectivity index (χ2v) is 14.4. The SMILES string of the molecule is C.C=C.COC(=O)/C=C/C=C/C(=O)OC.COC(=O)C1=CCC(C(=O)OC)CC1.COC(=O)C1C=CC(C(=O)OC)CC1.COC(=O)C1CCC(C(=O)OC)CC1.COC(=O)c1ccc(C(=O)OC)cc1.[2H][3H].[2H][3H]. The monoisotopic (exact) mass is 1010 g/mol. The molecule has 3 aliphatic rings. The molecule has 0 aliphatic heterocycles. The summed E-state index contributed by atoms with van der Waals surface area (Å²) < 4.78 is 65.4. The third-order valence-corrected chi connectivity index (χ3v) is 10.3. The molecule has 3 atom stereocenters. The fraction of sp³-hybridized carbons (Fsp3) is 0.490. The largest absolute Gasteiger partial charge is 0.469 e. The predicted molar refractivity (Wildman–Crippen MR) is 262 cm³/mol. The van der Waals surface area contributed by atoms with Crippen LogP contribution in [0.1, 0.15) is 91.9 Å². The number of carbonyl (C=O) groups excluding carboxylic acids is 10. The van der Waals surface area contributed by atoms with Gasteiger partial charge in [-0.25, -0.2) is 24.0 Å². The zero-order chi connectivity index (χ0) is 57.6. The molecule has 4 rings (SSSR count). The molecule has 0 bridgehead atoms. The molecule has 1 fully saturated rings. The van der Waals surface area contributed by atoms with Gasteiger partial charge in [-0.1, -0.05) is 37.8 Å². The van der Waals surface area contributed by atoms with Crippen LogP contribution < -0.4 is 0 Å². The van der Waals surface area contributed by atoms with Crippen LogP contribution in [0, 0.1) is 29.6 Å². The van der Waals surface area contributed by atoms with E-state index in [2.05, 4.69) is 60.5 Å². The molecule has 400 valence electrons. The van der Waals surface area contributed by atoms with Gasteiger partial charge in [0.1, 0.15) is 0 Å². The molecule has 0 amide bonds. The van der Waals surface area contributed by atoms with Crippen LogP contribution in [0.25, 0.3) is 0 Å². The Morgan fingerprint density at radius 3 is 1.04 bits per heavy atom. The highest BCUT2D eigenvalue weighted by Crippen LogP contribution is 2.30. The first-order valence-electron chi connectivity index (χ1n) is 23.6. The molecule has 0 saturated heterocycles. The Labute approximate surface area is 422 Å². The molecule has 0 N–H and O–H groups in total. The van der Waals surface area contributed by atoms with Crippen molar-refractivity contribution in [3.63, 3.8) is 0 Å². The van der Waals surface area contributed by atoms with Gasteiger partial charge in [-0.2, -0.15) is 0 Å². The van der Waals surface area contributed by atoms with E-state index in [1.165, 1.54) is 120 Å². The number of methoxy groups -OCH3 is 10. The van der Waals surface area contributed by atoms with E-state index in [1.807, 2.05) is 0 Å². The van der Waals surface area contributed by atoms with Crippen LogP contribution in [0.3, 0.4) is 0 Å². The van der Waals surface area contributed by atoms with Crippen LogP contribution in [-0.2, 0) is 85.7 Å². The molecule has 20 nitrogen and oxygen atoms in total.